The lowest BCUT2D eigenvalue weighted by Gasteiger charge is -2.39. The van der Waals surface area contributed by atoms with Gasteiger partial charge in [0, 0.05) is 12.6 Å². The number of anilines is 1. The third-order valence-corrected chi connectivity index (χ3v) is 3.17. The molecule has 0 spiro atoms. The second-order valence-corrected chi connectivity index (χ2v) is 5.97. The normalized spacial score (nSPS) is 11.1. The zero-order chi connectivity index (χ0) is 15.7. The molecule has 5 heteroatoms. The van der Waals surface area contributed by atoms with E-state index in [1.807, 2.05) is 52.8 Å². The lowest BCUT2D eigenvalue weighted by atomic mass is 10.0. The van der Waals surface area contributed by atoms with Crippen LogP contribution in [-0.4, -0.2) is 29.5 Å². The Morgan fingerprint density at radius 2 is 1.65 bits per heavy atom. The molecule has 0 bridgehead atoms. The first kappa shape index (κ1) is 16.0. The first-order valence-corrected chi connectivity index (χ1v) is 6.55. The third kappa shape index (κ3) is 3.10. The molecule has 1 aromatic carbocycles. The van der Waals surface area contributed by atoms with Gasteiger partial charge in [-0.25, -0.2) is 4.79 Å². The summed E-state index contributed by atoms with van der Waals surface area (Å²) >= 11 is 0. The van der Waals surface area contributed by atoms with Crippen LogP contribution >= 0.6 is 0 Å². The number of nitrogens with zero attached hydrogens (tertiary/aromatic N) is 2. The Kier molecular flexibility index (Phi) is 4.43. The van der Waals surface area contributed by atoms with Crippen molar-refractivity contribution in [3.63, 3.8) is 0 Å². The Morgan fingerprint density at radius 1 is 1.20 bits per heavy atom. The van der Waals surface area contributed by atoms with Gasteiger partial charge in [-0.1, -0.05) is 18.2 Å². The summed E-state index contributed by atoms with van der Waals surface area (Å²) < 4.78 is 0. The van der Waals surface area contributed by atoms with E-state index in [9.17, 15) is 4.79 Å². The van der Waals surface area contributed by atoms with Gasteiger partial charge >= 0.3 is 6.03 Å². The molecule has 0 heterocycles. The number of hydrogen-bond donors (Lipinski definition) is 2. The molecule has 3 N–H and O–H groups in total. The second kappa shape index (κ2) is 5.53. The lowest BCUT2D eigenvalue weighted by molar-refractivity contribution is 0.226. The van der Waals surface area contributed by atoms with Crippen LogP contribution < -0.4 is 10.6 Å². The van der Waals surface area contributed by atoms with Crippen LogP contribution in [0, 0.1) is 19.3 Å². The van der Waals surface area contributed by atoms with Gasteiger partial charge in [0.25, 0.3) is 0 Å². The molecule has 1 aromatic rings. The molecule has 0 aromatic heterocycles. The topological polar surface area (TPSA) is 73.4 Å². The van der Waals surface area contributed by atoms with Gasteiger partial charge in [-0.15, -0.1) is 0 Å². The van der Waals surface area contributed by atoms with Crippen molar-refractivity contribution in [2.24, 2.45) is 5.73 Å². The highest BCUT2D eigenvalue weighted by Crippen LogP contribution is 2.31. The zero-order valence-corrected chi connectivity index (χ0v) is 13.1. The Labute approximate surface area is 120 Å². The number of aryl methyl sites for hydroxylation is 2. The van der Waals surface area contributed by atoms with Crippen molar-refractivity contribution in [1.82, 2.24) is 4.90 Å². The molecule has 0 saturated heterocycles. The monoisotopic (exact) mass is 276 g/mol. The highest BCUT2D eigenvalue weighted by molar-refractivity contribution is 6.03. The maximum absolute atomic E-state index is 12.7. The molecule has 5 nitrogen and oxygen atoms in total. The zero-order valence-electron chi connectivity index (χ0n) is 13.1. The van der Waals surface area contributed by atoms with E-state index < -0.39 is 5.54 Å². The predicted octanol–water partition coefficient (Wildman–Crippen LogP) is 2.85. The molecule has 0 fully saturated rings. The van der Waals surface area contributed by atoms with Gasteiger partial charge in [0.15, 0.2) is 5.96 Å². The number of urea groups is 1. The van der Waals surface area contributed by atoms with Crippen LogP contribution in [0.5, 0.6) is 0 Å². The molecule has 0 unspecified atom stereocenters. The van der Waals surface area contributed by atoms with Gasteiger partial charge in [0.2, 0.25) is 0 Å². The molecule has 2 amide bonds. The second-order valence-electron chi connectivity index (χ2n) is 5.97. The van der Waals surface area contributed by atoms with Crippen LogP contribution in [0.3, 0.4) is 0 Å². The molecule has 0 atom stereocenters. The molecule has 0 aliphatic carbocycles. The van der Waals surface area contributed by atoms with Gasteiger partial charge in [-0.3, -0.25) is 15.2 Å². The molecule has 0 aliphatic heterocycles. The summed E-state index contributed by atoms with van der Waals surface area (Å²) in [4.78, 5) is 15.5. The van der Waals surface area contributed by atoms with Crippen LogP contribution in [0.15, 0.2) is 18.2 Å². The number of carbonyl (C=O) groups is 1. The van der Waals surface area contributed by atoms with E-state index in [1.165, 1.54) is 7.05 Å². The summed E-state index contributed by atoms with van der Waals surface area (Å²) in [5, 5.41) is 7.45. The number of carbonyl (C=O) groups excluding carboxylic acids is 1. The Morgan fingerprint density at radius 3 is 2.00 bits per heavy atom. The van der Waals surface area contributed by atoms with Crippen LogP contribution in [0.1, 0.15) is 31.9 Å². The summed E-state index contributed by atoms with van der Waals surface area (Å²) in [7, 11) is 1.51. The fourth-order valence-electron chi connectivity index (χ4n) is 2.13. The van der Waals surface area contributed by atoms with Gasteiger partial charge in [0.1, 0.15) is 0 Å². The quantitative estimate of drug-likeness (QED) is 0.611. The molecular formula is C15H24N4O. The number of para-hydroxylation sites is 1. The predicted molar refractivity (Wildman–Crippen MR) is 83.2 cm³/mol. The highest BCUT2D eigenvalue weighted by atomic mass is 16.2. The molecule has 110 valence electrons. The molecule has 0 saturated carbocycles. The average Bonchev–Trinajstić information content (AvgIpc) is 2.30. The first-order valence-electron chi connectivity index (χ1n) is 6.55. The highest BCUT2D eigenvalue weighted by Gasteiger charge is 2.32. The third-order valence-electron chi connectivity index (χ3n) is 3.17. The SMILES string of the molecule is Cc1cccc(C)c1N(C(=O)N(C)C(=N)N)C(C)(C)C. The van der Waals surface area contributed by atoms with Crippen molar-refractivity contribution in [1.29, 1.82) is 5.41 Å². The minimum atomic E-state index is -0.419. The van der Waals surface area contributed by atoms with E-state index in [4.69, 9.17) is 11.1 Å². The fraction of sp³-hybridized carbons (Fsp3) is 0.467. The van der Waals surface area contributed by atoms with E-state index in [1.54, 1.807) is 4.90 Å². The van der Waals surface area contributed by atoms with Gasteiger partial charge in [-0.2, -0.15) is 0 Å². The van der Waals surface area contributed by atoms with Crippen molar-refractivity contribution in [3.05, 3.63) is 29.3 Å². The van der Waals surface area contributed by atoms with E-state index in [0.29, 0.717) is 0 Å². The number of benzene rings is 1. The van der Waals surface area contributed by atoms with Crippen LogP contribution in [0.25, 0.3) is 0 Å². The molecular weight excluding hydrogens is 252 g/mol. The number of amides is 2. The minimum absolute atomic E-state index is 0.268. The van der Waals surface area contributed by atoms with Crippen LogP contribution in [0.4, 0.5) is 10.5 Å². The summed E-state index contributed by atoms with van der Waals surface area (Å²) in [6.45, 7) is 9.84. The Hall–Kier alpha value is -2.04. The maximum Gasteiger partial charge on any atom is 0.331 e. The van der Waals surface area contributed by atoms with E-state index in [0.717, 1.165) is 21.7 Å². The number of nitrogens with two attached hydrogens (primary N) is 1. The molecule has 0 radical (unpaired) electrons. The Balaban J connectivity index is 3.42. The standard InChI is InChI=1S/C15H24N4O/c1-10-8-7-9-11(2)12(10)19(15(3,4)5)14(20)18(6)13(16)17/h7-9H,1-6H3,(H3,16,17). The largest absolute Gasteiger partial charge is 0.370 e. The van der Waals surface area contributed by atoms with Crippen molar-refractivity contribution < 1.29 is 4.79 Å². The first-order chi connectivity index (χ1) is 9.07. The van der Waals surface area contributed by atoms with Crippen molar-refractivity contribution in [3.8, 4) is 0 Å². The lowest BCUT2D eigenvalue weighted by Crippen LogP contribution is -2.54. The summed E-state index contributed by atoms with van der Waals surface area (Å²) in [6.07, 6.45) is 0. The minimum Gasteiger partial charge on any atom is -0.370 e. The molecule has 0 aliphatic rings. The van der Waals surface area contributed by atoms with Gasteiger partial charge in [-0.05, 0) is 45.7 Å². The summed E-state index contributed by atoms with van der Waals surface area (Å²) in [5.74, 6) is -0.268. The number of guanidine groups is 1. The van der Waals surface area contributed by atoms with Crippen LogP contribution in [0.2, 0.25) is 0 Å². The van der Waals surface area contributed by atoms with Gasteiger partial charge < -0.3 is 5.73 Å². The van der Waals surface area contributed by atoms with E-state index >= 15 is 0 Å². The molecule has 1 rings (SSSR count). The van der Waals surface area contributed by atoms with Crippen LogP contribution in [-0.2, 0) is 0 Å². The van der Waals surface area contributed by atoms with E-state index in [2.05, 4.69) is 0 Å². The van der Waals surface area contributed by atoms with Crippen molar-refractivity contribution in [2.75, 3.05) is 11.9 Å². The number of rotatable bonds is 1. The number of hydrogen-bond acceptors (Lipinski definition) is 2. The average molecular weight is 276 g/mol. The fourth-order valence-corrected chi connectivity index (χ4v) is 2.13. The van der Waals surface area contributed by atoms with Crippen molar-refractivity contribution >= 4 is 17.7 Å². The van der Waals surface area contributed by atoms with E-state index in [-0.39, 0.29) is 12.0 Å². The maximum atomic E-state index is 12.7. The summed E-state index contributed by atoms with van der Waals surface area (Å²) in [6, 6.07) is 5.61. The smallest absolute Gasteiger partial charge is 0.331 e. The summed E-state index contributed by atoms with van der Waals surface area (Å²) in [5.41, 5.74) is 7.93. The van der Waals surface area contributed by atoms with Gasteiger partial charge in [0.05, 0.1) is 5.69 Å². The van der Waals surface area contributed by atoms with Crippen molar-refractivity contribution in [2.45, 2.75) is 40.2 Å². The molecule has 20 heavy (non-hydrogen) atoms. The Bertz CT molecular complexity index is 511. The number of nitrogens with one attached hydrogen (secondary N) is 1.